The molecule has 0 bridgehead atoms. The summed E-state index contributed by atoms with van der Waals surface area (Å²) >= 11 is 1.74. The molecule has 3 heteroatoms. The molecule has 0 saturated carbocycles. The Hall–Kier alpha value is -0.830. The first-order valence-electron chi connectivity index (χ1n) is 6.45. The summed E-state index contributed by atoms with van der Waals surface area (Å²) in [4.78, 5) is 15.5. The summed E-state index contributed by atoms with van der Waals surface area (Å²) in [6, 6.07) is 4.16. The van der Waals surface area contributed by atoms with E-state index in [1.54, 1.807) is 11.3 Å². The number of piperidine rings is 1. The Morgan fingerprint density at radius 3 is 2.71 bits per heavy atom. The van der Waals surface area contributed by atoms with Gasteiger partial charge >= 0.3 is 0 Å². The Labute approximate surface area is 108 Å². The molecular weight excluding hydrogens is 230 g/mol. The van der Waals surface area contributed by atoms with Crippen molar-refractivity contribution in [1.29, 1.82) is 0 Å². The summed E-state index contributed by atoms with van der Waals surface area (Å²) in [6.45, 7) is 6.39. The number of hydrogen-bond acceptors (Lipinski definition) is 2. The summed E-state index contributed by atoms with van der Waals surface area (Å²) in [5.74, 6) is 1.64. The van der Waals surface area contributed by atoms with E-state index in [0.717, 1.165) is 19.5 Å². The summed E-state index contributed by atoms with van der Waals surface area (Å²) in [7, 11) is 0. The first kappa shape index (κ1) is 12.6. The molecule has 2 atom stereocenters. The smallest absolute Gasteiger partial charge is 0.222 e. The maximum atomic E-state index is 12.1. The lowest BCUT2D eigenvalue weighted by Crippen LogP contribution is -2.42. The molecule has 1 fully saturated rings. The second-order valence-corrected chi connectivity index (χ2v) is 6.36. The first-order chi connectivity index (χ1) is 8.15. The van der Waals surface area contributed by atoms with Crippen molar-refractivity contribution in [2.75, 3.05) is 13.1 Å². The molecule has 1 aliphatic rings. The van der Waals surface area contributed by atoms with Gasteiger partial charge in [0.2, 0.25) is 5.91 Å². The SMILES string of the molecule is CC1CC(C)CN(C(=O)CCc2cccs2)C1. The Morgan fingerprint density at radius 1 is 1.41 bits per heavy atom. The fraction of sp³-hybridized carbons (Fsp3) is 0.643. The van der Waals surface area contributed by atoms with Gasteiger partial charge in [-0.3, -0.25) is 4.79 Å². The normalized spacial score (nSPS) is 24.9. The second-order valence-electron chi connectivity index (χ2n) is 5.32. The quantitative estimate of drug-likeness (QED) is 0.808. The van der Waals surface area contributed by atoms with E-state index >= 15 is 0 Å². The molecule has 1 amide bonds. The van der Waals surface area contributed by atoms with Gasteiger partial charge in [0, 0.05) is 24.4 Å². The van der Waals surface area contributed by atoms with Crippen LogP contribution in [0.4, 0.5) is 0 Å². The van der Waals surface area contributed by atoms with Crippen molar-refractivity contribution in [2.45, 2.75) is 33.1 Å². The third-order valence-electron chi connectivity index (χ3n) is 3.39. The third-order valence-corrected chi connectivity index (χ3v) is 4.32. The number of aryl methyl sites for hydroxylation is 1. The molecule has 1 aromatic heterocycles. The van der Waals surface area contributed by atoms with Crippen molar-refractivity contribution >= 4 is 17.2 Å². The molecule has 2 unspecified atom stereocenters. The van der Waals surface area contributed by atoms with E-state index in [9.17, 15) is 4.79 Å². The van der Waals surface area contributed by atoms with Crippen LogP contribution in [0.1, 0.15) is 31.6 Å². The molecule has 2 nitrogen and oxygen atoms in total. The predicted molar refractivity (Wildman–Crippen MR) is 72.2 cm³/mol. The maximum absolute atomic E-state index is 12.1. The van der Waals surface area contributed by atoms with Gasteiger partial charge in [-0.25, -0.2) is 0 Å². The first-order valence-corrected chi connectivity index (χ1v) is 7.33. The minimum absolute atomic E-state index is 0.330. The van der Waals surface area contributed by atoms with Crippen LogP contribution in [0.5, 0.6) is 0 Å². The Kier molecular flexibility index (Phi) is 4.21. The van der Waals surface area contributed by atoms with Gasteiger partial charge in [0.25, 0.3) is 0 Å². The number of hydrogen-bond donors (Lipinski definition) is 0. The largest absolute Gasteiger partial charge is 0.342 e. The highest BCUT2D eigenvalue weighted by Crippen LogP contribution is 2.22. The van der Waals surface area contributed by atoms with Crippen molar-refractivity contribution in [1.82, 2.24) is 4.90 Å². The van der Waals surface area contributed by atoms with Gasteiger partial charge < -0.3 is 4.90 Å². The number of thiophene rings is 1. The van der Waals surface area contributed by atoms with Gasteiger partial charge in [-0.2, -0.15) is 0 Å². The van der Waals surface area contributed by atoms with Crippen molar-refractivity contribution in [3.63, 3.8) is 0 Å². The molecule has 94 valence electrons. The summed E-state index contributed by atoms with van der Waals surface area (Å²) < 4.78 is 0. The number of carbonyl (C=O) groups excluding carboxylic acids is 1. The Balaban J connectivity index is 1.83. The van der Waals surface area contributed by atoms with Crippen LogP contribution in [0.15, 0.2) is 17.5 Å². The van der Waals surface area contributed by atoms with E-state index in [1.807, 2.05) is 0 Å². The maximum Gasteiger partial charge on any atom is 0.222 e. The number of rotatable bonds is 3. The van der Waals surface area contributed by atoms with Crippen molar-refractivity contribution in [3.05, 3.63) is 22.4 Å². The van der Waals surface area contributed by atoms with Gasteiger partial charge in [0.15, 0.2) is 0 Å². The fourth-order valence-electron chi connectivity index (χ4n) is 2.71. The van der Waals surface area contributed by atoms with Crippen LogP contribution >= 0.6 is 11.3 Å². The summed E-state index contributed by atoms with van der Waals surface area (Å²) in [5, 5.41) is 2.07. The molecule has 0 spiro atoms. The topological polar surface area (TPSA) is 20.3 Å². The van der Waals surface area contributed by atoms with Crippen LogP contribution in [0.25, 0.3) is 0 Å². The molecule has 17 heavy (non-hydrogen) atoms. The lowest BCUT2D eigenvalue weighted by Gasteiger charge is -2.35. The van der Waals surface area contributed by atoms with Crippen molar-refractivity contribution in [2.24, 2.45) is 11.8 Å². The zero-order valence-corrected chi connectivity index (χ0v) is 11.5. The molecule has 0 aliphatic carbocycles. The van der Waals surface area contributed by atoms with Crippen LogP contribution in [0.3, 0.4) is 0 Å². The number of likely N-dealkylation sites (tertiary alicyclic amines) is 1. The highest BCUT2D eigenvalue weighted by molar-refractivity contribution is 7.09. The van der Waals surface area contributed by atoms with Crippen molar-refractivity contribution in [3.8, 4) is 0 Å². The van der Waals surface area contributed by atoms with Gasteiger partial charge in [-0.15, -0.1) is 11.3 Å². The van der Waals surface area contributed by atoms with Crippen LogP contribution in [0, 0.1) is 11.8 Å². The number of carbonyl (C=O) groups is 1. The third kappa shape index (κ3) is 3.56. The molecule has 1 aliphatic heterocycles. The highest BCUT2D eigenvalue weighted by atomic mass is 32.1. The second kappa shape index (κ2) is 5.67. The Bertz CT molecular complexity index is 350. The van der Waals surface area contributed by atoms with E-state index in [2.05, 4.69) is 36.3 Å². The van der Waals surface area contributed by atoms with Crippen LogP contribution < -0.4 is 0 Å². The molecule has 0 aromatic carbocycles. The molecule has 2 rings (SSSR count). The van der Waals surface area contributed by atoms with Gasteiger partial charge in [-0.05, 0) is 36.1 Å². The molecule has 2 heterocycles. The molecule has 1 saturated heterocycles. The minimum Gasteiger partial charge on any atom is -0.342 e. The van der Waals surface area contributed by atoms with Crippen LogP contribution in [-0.2, 0) is 11.2 Å². The minimum atomic E-state index is 0.330. The van der Waals surface area contributed by atoms with Crippen LogP contribution in [-0.4, -0.2) is 23.9 Å². The monoisotopic (exact) mass is 251 g/mol. The van der Waals surface area contributed by atoms with E-state index in [1.165, 1.54) is 11.3 Å². The van der Waals surface area contributed by atoms with Gasteiger partial charge in [0.05, 0.1) is 0 Å². The van der Waals surface area contributed by atoms with Crippen molar-refractivity contribution < 1.29 is 4.79 Å². The molecule has 0 radical (unpaired) electrons. The lowest BCUT2D eigenvalue weighted by atomic mass is 9.91. The van der Waals surface area contributed by atoms with E-state index in [-0.39, 0.29) is 0 Å². The molecular formula is C14H21NOS. The van der Waals surface area contributed by atoms with Gasteiger partial charge in [0.1, 0.15) is 0 Å². The Morgan fingerprint density at radius 2 is 2.12 bits per heavy atom. The zero-order valence-electron chi connectivity index (χ0n) is 10.7. The number of amides is 1. The average Bonchev–Trinajstić information content (AvgIpc) is 2.77. The average molecular weight is 251 g/mol. The van der Waals surface area contributed by atoms with Gasteiger partial charge in [-0.1, -0.05) is 19.9 Å². The fourth-order valence-corrected chi connectivity index (χ4v) is 3.42. The zero-order chi connectivity index (χ0) is 12.3. The summed E-state index contributed by atoms with van der Waals surface area (Å²) in [5.41, 5.74) is 0. The van der Waals surface area contributed by atoms with E-state index in [0.29, 0.717) is 24.2 Å². The predicted octanol–water partition coefficient (Wildman–Crippen LogP) is 3.19. The molecule has 0 N–H and O–H groups in total. The van der Waals surface area contributed by atoms with E-state index < -0.39 is 0 Å². The standard InChI is InChI=1S/C14H21NOS/c1-11-8-12(2)10-15(9-11)14(16)6-5-13-4-3-7-17-13/h3-4,7,11-12H,5-6,8-10H2,1-2H3. The lowest BCUT2D eigenvalue weighted by molar-refractivity contribution is -0.133. The highest BCUT2D eigenvalue weighted by Gasteiger charge is 2.24. The van der Waals surface area contributed by atoms with Crippen LogP contribution in [0.2, 0.25) is 0 Å². The van der Waals surface area contributed by atoms with E-state index in [4.69, 9.17) is 0 Å². The molecule has 1 aromatic rings. The number of nitrogens with zero attached hydrogens (tertiary/aromatic N) is 1. The summed E-state index contributed by atoms with van der Waals surface area (Å²) in [6.07, 6.45) is 2.82.